The first-order chi connectivity index (χ1) is 64.1. The number of fused-ring (bicyclic) bond motifs is 12. The maximum Gasteiger partial charge on any atom is 0.328 e. The number of hydrogen-bond acceptors (Lipinski definition) is 23. The van der Waals surface area contributed by atoms with Crippen LogP contribution in [0.4, 0.5) is 17.1 Å². The molecule has 0 spiro atoms. The quantitative estimate of drug-likeness (QED) is 0.0109. The summed E-state index contributed by atoms with van der Waals surface area (Å²) < 4.78 is 57.7. The number of carboxylic acid groups (broad SMARTS) is 4. The molecular formula is C98H76N9O23S3-3. The lowest BCUT2D eigenvalue weighted by Gasteiger charge is -2.22. The highest BCUT2D eigenvalue weighted by Gasteiger charge is 2.37. The van der Waals surface area contributed by atoms with Gasteiger partial charge in [-0.25, -0.2) is 27.0 Å². The van der Waals surface area contributed by atoms with E-state index in [2.05, 4.69) is 29.9 Å². The molecule has 3 aromatic heterocycles. The van der Waals surface area contributed by atoms with Gasteiger partial charge in [-0.1, -0.05) is 248 Å². The Labute approximate surface area is 762 Å². The van der Waals surface area contributed by atoms with E-state index in [0.717, 1.165) is 108 Å². The summed E-state index contributed by atoms with van der Waals surface area (Å²) in [7, 11) is -6.59. The van der Waals surface area contributed by atoms with Crippen molar-refractivity contribution in [1.29, 1.82) is 0 Å². The number of nitro groups is 3. The Balaban J connectivity index is 0.000000149. The second-order valence-corrected chi connectivity index (χ2v) is 34.8. The van der Waals surface area contributed by atoms with Gasteiger partial charge < -0.3 is 64.9 Å². The fourth-order valence-electron chi connectivity index (χ4n) is 16.7. The fraction of sp³-hybridized carbons (Fsp3) is 0.133. The van der Waals surface area contributed by atoms with Gasteiger partial charge in [0, 0.05) is 115 Å². The molecule has 3 aliphatic carbocycles. The number of carboxylic acids is 4. The third kappa shape index (κ3) is 19.8. The zero-order valence-electron chi connectivity index (χ0n) is 69.9. The summed E-state index contributed by atoms with van der Waals surface area (Å²) in [6.45, 7) is 1.00. The van der Waals surface area contributed by atoms with Crippen molar-refractivity contribution in [1.82, 2.24) is 15.0 Å². The van der Waals surface area contributed by atoms with Crippen molar-refractivity contribution in [2.75, 3.05) is 19.8 Å². The summed E-state index contributed by atoms with van der Waals surface area (Å²) in [6.07, 6.45) is -4.02. The van der Waals surface area contributed by atoms with Gasteiger partial charge >= 0.3 is 17.9 Å². The molecule has 7 N–H and O–H groups in total. The molecule has 3 aliphatic rings. The van der Waals surface area contributed by atoms with Gasteiger partial charge in [-0.2, -0.15) is 0 Å². The summed E-state index contributed by atoms with van der Waals surface area (Å²) in [5, 5.41) is 113. The number of ether oxygens (including phenoxy) is 3. The van der Waals surface area contributed by atoms with E-state index in [1.807, 2.05) is 170 Å². The fourth-order valence-corrected chi connectivity index (χ4v) is 20.8. The Bertz CT molecular complexity index is 7170. The predicted molar refractivity (Wildman–Crippen MR) is 488 cm³/mol. The van der Waals surface area contributed by atoms with Crippen LogP contribution in [0.15, 0.2) is 336 Å². The molecule has 4 unspecified atom stereocenters. The molecule has 0 bridgehead atoms. The van der Waals surface area contributed by atoms with E-state index in [0.29, 0.717) is 42.9 Å². The van der Waals surface area contributed by atoms with E-state index >= 15 is 0 Å². The van der Waals surface area contributed by atoms with Crippen molar-refractivity contribution in [3.63, 3.8) is 0 Å². The van der Waals surface area contributed by atoms with Crippen LogP contribution in [0.25, 0.3) is 66.1 Å². The first kappa shape index (κ1) is 91.4. The number of aliphatic carboxylic acids is 4. The molecule has 32 nitrogen and oxygen atoms in total. The number of aromatic nitrogens is 3. The van der Waals surface area contributed by atoms with Crippen LogP contribution in [0.5, 0.6) is 0 Å². The molecule has 0 aliphatic heterocycles. The molecule has 35 heteroatoms. The largest absolute Gasteiger partial charge is 0.599 e. The molecule has 0 saturated carbocycles. The number of nitrogens with one attached hydrogen (secondary N) is 3. The number of aliphatic imine (C=N–C) groups is 3. The summed E-state index contributed by atoms with van der Waals surface area (Å²) >= 11 is 1.13. The number of para-hydroxylation sites is 6. The maximum absolute atomic E-state index is 13.8. The zero-order chi connectivity index (χ0) is 93.9. The lowest BCUT2D eigenvalue weighted by atomic mass is 9.98. The number of aromatic amines is 3. The SMILES string of the molecule is CC(=O)O.O=C(O)C(Cc1c(S(=O)(=O)c2ccccc2[N+](=O)[O-])[nH]c2ccccc12)N=C([O-])OCC1c2ccccc2-c2ccccc21.O=C(O)C(Cc1c(S(=O)c2ccccc2[N+](=O)[O-])[nH]c2ccccc12)N=C([O-])OCC1c2ccccc2-c2ccccc21.O=C(O)C(Cc1c(Sc2ccccc2[N+](=O)[O-])[nH]c2ccccc12)N=C([O-])OCC1c2ccccc2-c2ccccc21. The van der Waals surface area contributed by atoms with Crippen LogP contribution >= 0.6 is 11.8 Å². The van der Waals surface area contributed by atoms with Crippen LogP contribution in [0.3, 0.4) is 0 Å². The Morgan fingerprint density at radius 3 is 1.10 bits per heavy atom. The molecule has 18 rings (SSSR count). The lowest BCUT2D eigenvalue weighted by molar-refractivity contribution is -0.388. The van der Waals surface area contributed by atoms with E-state index in [-0.39, 0.29) is 77.3 Å². The average molecular weight is 1840 g/mol. The molecule has 0 amide bonds. The number of H-pyrrole nitrogens is 3. The van der Waals surface area contributed by atoms with Gasteiger partial charge in [-0.05, 0) is 120 Å². The van der Waals surface area contributed by atoms with Crippen LogP contribution in [0.2, 0.25) is 0 Å². The van der Waals surface area contributed by atoms with Crippen molar-refractivity contribution < 1.29 is 96.5 Å². The summed E-state index contributed by atoms with van der Waals surface area (Å²) in [5.41, 5.74) is 13.9. The highest BCUT2D eigenvalue weighted by molar-refractivity contribution is 7.99. The molecule has 672 valence electrons. The molecule has 133 heavy (non-hydrogen) atoms. The third-order valence-electron chi connectivity index (χ3n) is 22.5. The van der Waals surface area contributed by atoms with Crippen LogP contribution < -0.4 is 15.3 Å². The van der Waals surface area contributed by atoms with E-state index in [1.165, 1.54) is 42.5 Å². The topological polar surface area (TPSA) is 511 Å². The van der Waals surface area contributed by atoms with Gasteiger partial charge in [0.1, 0.15) is 44.0 Å². The molecule has 3 heterocycles. The monoisotopic (exact) mass is 1840 g/mol. The van der Waals surface area contributed by atoms with Gasteiger partial charge in [-0.15, -0.1) is 0 Å². The van der Waals surface area contributed by atoms with Gasteiger partial charge in [0.2, 0.25) is 9.84 Å². The van der Waals surface area contributed by atoms with Crippen LogP contribution in [0.1, 0.15) is 74.7 Å². The van der Waals surface area contributed by atoms with Gasteiger partial charge in [-0.3, -0.25) is 50.1 Å². The van der Waals surface area contributed by atoms with Crippen molar-refractivity contribution >= 4 is 124 Å². The minimum atomic E-state index is -4.53. The number of rotatable bonds is 27. The highest BCUT2D eigenvalue weighted by atomic mass is 32.2. The standard InChI is InChI=1S/C32H25N3O8S.C32H25N3O7S.C32H25N3O6S.C2H4O2/c36-31(37)27(34-32(38)43-18-25-21-11-3-1-9-19(21)20-10-2-4-12-22(20)25)17-24-23-13-5-6-14-26(23)33-30(24)44(41,42)29-16-8-7-15-28(29)35(39)40;36-31(37)27(34-32(38)42-18-25-21-11-3-1-9-19(21)20-10-2-4-12-22(20)25)17-24-23-13-5-6-14-26(23)33-30(24)43(41)29-16-8-7-15-28(29)35(39)40;36-31(37)27(34-32(38)41-18-25-21-11-3-1-9-19(21)20-10-2-4-12-22(20)25)17-24-23-13-5-6-14-26(23)33-30(24)42-29-16-8-7-15-28(29)35(39)40;1-2(3)4/h1-16,25,27,33H,17-18H2,(H,34,38)(H,36,37);1-16,25,27,33H,17-18H2,(H,34,38)(H,36,37);1-16,25,27,33H,17-18H2,(H,34,38)(H,36,37);1H3,(H,3,4)/p-3. The minimum absolute atomic E-state index is 0.0224. The number of sulfone groups is 1. The van der Waals surface area contributed by atoms with E-state index in [4.69, 9.17) is 24.1 Å². The van der Waals surface area contributed by atoms with Gasteiger partial charge in [0.05, 0.1) is 24.7 Å². The van der Waals surface area contributed by atoms with Crippen LogP contribution in [0, 0.1) is 30.3 Å². The lowest BCUT2D eigenvalue weighted by Crippen LogP contribution is -2.30. The molecule has 0 saturated heterocycles. The average Bonchev–Trinajstić information content (AvgIpc) is 1.62. The molecular weight excluding hydrogens is 1770 g/mol. The van der Waals surface area contributed by atoms with Crippen molar-refractivity contribution in [2.24, 2.45) is 15.0 Å². The second-order valence-electron chi connectivity index (χ2n) is 30.5. The number of nitrogens with zero attached hydrogens (tertiary/aromatic N) is 6. The molecule has 12 aromatic carbocycles. The zero-order valence-corrected chi connectivity index (χ0v) is 72.3. The Kier molecular flexibility index (Phi) is 27.5. The van der Waals surface area contributed by atoms with Gasteiger partial charge in [0.15, 0.2) is 23.0 Å². The second kappa shape index (κ2) is 40.1. The Morgan fingerprint density at radius 2 is 0.699 bits per heavy atom. The number of nitro benzene ring substituents is 3. The molecule has 15 aromatic rings. The minimum Gasteiger partial charge on any atom is -0.599 e. The van der Waals surface area contributed by atoms with Crippen molar-refractivity contribution in [3.05, 3.63) is 372 Å². The smallest absolute Gasteiger partial charge is 0.328 e. The molecule has 0 fully saturated rings. The van der Waals surface area contributed by atoms with E-state index in [1.54, 1.807) is 66.7 Å². The van der Waals surface area contributed by atoms with Crippen LogP contribution in [-0.2, 0) is 73.3 Å². The van der Waals surface area contributed by atoms with E-state index in [9.17, 15) is 88.0 Å². The third-order valence-corrected chi connectivity index (χ3v) is 26.9. The van der Waals surface area contributed by atoms with Crippen LogP contribution in [-0.4, -0.2) is 143 Å². The first-order valence-corrected chi connectivity index (χ1v) is 44.5. The highest BCUT2D eigenvalue weighted by Crippen LogP contribution is 2.49. The number of carbonyl (C=O) groups is 4. The Morgan fingerprint density at radius 1 is 0.398 bits per heavy atom. The van der Waals surface area contributed by atoms with Crippen molar-refractivity contribution in [2.45, 2.75) is 91.8 Å². The number of benzene rings is 12. The molecule has 4 atom stereocenters. The Hall–Kier alpha value is -16.4. The van der Waals surface area contributed by atoms with Gasteiger partial charge in [0.25, 0.3) is 23.0 Å². The summed E-state index contributed by atoms with van der Waals surface area (Å²) in [6, 6.07) is 79.9. The molecule has 0 radical (unpaired) electrons. The summed E-state index contributed by atoms with van der Waals surface area (Å²) in [4.78, 5) is 99.3. The first-order valence-electron chi connectivity index (χ1n) is 41.0. The van der Waals surface area contributed by atoms with Crippen molar-refractivity contribution in [3.8, 4) is 33.4 Å². The number of hydrogen-bond donors (Lipinski definition) is 7. The maximum atomic E-state index is 13.8. The summed E-state index contributed by atoms with van der Waals surface area (Å²) in [5.74, 6) is -5.64. The van der Waals surface area contributed by atoms with E-state index < -0.39 is 118 Å². The normalized spacial score (nSPS) is 13.6. The predicted octanol–water partition coefficient (Wildman–Crippen LogP) is 15.1.